The van der Waals surface area contributed by atoms with E-state index < -0.39 is 31.6 Å². The van der Waals surface area contributed by atoms with Gasteiger partial charge in [0.25, 0.3) is 0 Å². The van der Waals surface area contributed by atoms with Crippen LogP contribution in [0.15, 0.2) is 273 Å². The first-order chi connectivity index (χ1) is 34.6. The SMILES string of the molecule is CC#N.CC#N.CC#N.O=P([O-])([O-])[O-].[Au+].[Au+].[Au+].[O-2].[O-2].[O-2].[O-2].[O-2].[O-2].[O-2].[O-2].[O-2].[O-2].[O-2].[O-2].[O-2].[O-2].[O-2].[O-2].[O-2].[O-2].[O-2].[O-2].[O-2].[O-2].[O-2].[O-2].[O-2].[O-2].[O-2].[O-2].[O-2].[O-2].[O-2].[O-2].[O-2].[O-2].[O-2].[O-2].[W].[W].[W].[W].[W].[W].[W].[W].[W].[W].[W].[W].c1ccc([PH+](c2ccccc2)c2ccccc2)cc1.c1ccc([PH+](c2ccccc2)c2ccccc2)cc1.c1ccc([PH+](c2ccccc2)c2ccccc2)cc1. The van der Waals surface area contributed by atoms with Gasteiger partial charge in [0, 0.05) is 274 Å². The molecular formula is C60H57Au3N3O40P4W12-69. The smallest absolute Gasteiger partial charge is 1.00 e. The summed E-state index contributed by atoms with van der Waals surface area (Å²) >= 11 is 0. The molecular weight excluding hydrogens is 4320 g/mol. The van der Waals surface area contributed by atoms with Crippen LogP contribution in [0.1, 0.15) is 20.8 Å². The molecule has 746 valence electrons. The van der Waals surface area contributed by atoms with Crippen LogP contribution in [0.3, 0.4) is 0 Å². The Morgan fingerprint density at radius 1 is 0.180 bits per heavy atom. The van der Waals surface area contributed by atoms with E-state index in [4.69, 9.17) is 35.0 Å². The Balaban J connectivity index is -0.0000000108. The number of nitrogens with zero attached hydrogens (tertiary/aromatic N) is 3. The topological polar surface area (TPSA) is 1180 Å². The Morgan fingerprint density at radius 2 is 0.221 bits per heavy atom. The first kappa shape index (κ1) is 334. The fourth-order valence-electron chi connectivity index (χ4n) is 6.94. The second-order valence-corrected chi connectivity index (χ2v) is 22.9. The Morgan fingerprint density at radius 3 is 0.262 bits per heavy atom. The minimum atomic E-state index is -5.39. The van der Waals surface area contributed by atoms with Crippen molar-refractivity contribution < 1.29 is 536 Å². The normalized spacial score (nSPS) is 5.62. The van der Waals surface area contributed by atoms with E-state index in [0.29, 0.717) is 0 Å². The predicted molar refractivity (Wildman–Crippen MR) is 326 cm³/mol. The molecule has 9 rings (SSSR count). The van der Waals surface area contributed by atoms with Crippen molar-refractivity contribution in [3.63, 3.8) is 0 Å². The summed E-state index contributed by atoms with van der Waals surface area (Å²) in [6, 6.07) is 103. The fourth-order valence-corrected chi connectivity index (χ4v) is 14.7. The molecule has 0 fully saturated rings. The van der Waals surface area contributed by atoms with Crippen molar-refractivity contribution in [2.24, 2.45) is 0 Å². The summed E-state index contributed by atoms with van der Waals surface area (Å²) < 4.78 is 8.55. The van der Waals surface area contributed by atoms with Crippen LogP contribution in [-0.4, -0.2) is 0 Å². The van der Waals surface area contributed by atoms with E-state index >= 15 is 0 Å². The molecule has 43 nitrogen and oxygen atoms in total. The zero-order valence-electron chi connectivity index (χ0n) is 60.4. The van der Waals surface area contributed by atoms with E-state index in [0.717, 1.165) is 0 Å². The summed E-state index contributed by atoms with van der Waals surface area (Å²) in [5, 5.41) is 34.9. The number of rotatable bonds is 9. The van der Waals surface area contributed by atoms with Gasteiger partial charge in [0.05, 0.1) is 42.0 Å². The molecule has 0 aliphatic heterocycles. The molecule has 0 atom stereocenters. The molecule has 0 aliphatic rings. The van der Waals surface area contributed by atoms with Crippen LogP contribution in [0.2, 0.25) is 0 Å². The third-order valence-corrected chi connectivity index (χ3v) is 17.8. The summed E-state index contributed by atoms with van der Waals surface area (Å²) in [5.41, 5.74) is 0. The summed E-state index contributed by atoms with van der Waals surface area (Å²) in [4.78, 5) is 25.6. The van der Waals surface area contributed by atoms with Gasteiger partial charge in [-0.2, -0.15) is 23.6 Å². The Kier molecular flexibility index (Phi) is 591. The zero-order chi connectivity index (χ0) is 51.4. The van der Waals surface area contributed by atoms with Crippen molar-refractivity contribution in [3.8, 4) is 18.2 Å². The average Bonchev–Trinajstić information content (AvgIpc) is 3.40. The molecule has 0 amide bonds. The maximum atomic E-state index is 8.55. The first-order valence-electron chi connectivity index (χ1n) is 22.3. The van der Waals surface area contributed by atoms with Gasteiger partial charge in [-0.05, 0) is 109 Å². The number of nitriles is 3. The molecule has 9 aromatic carbocycles. The summed E-state index contributed by atoms with van der Waals surface area (Å²) in [6.45, 7) is 4.29. The van der Waals surface area contributed by atoms with Crippen molar-refractivity contribution in [2.75, 3.05) is 0 Å². The van der Waals surface area contributed by atoms with Crippen LogP contribution in [0, 0.1) is 34.0 Å². The average molecular weight is 4380 g/mol. The number of hydrogen-bond donors (Lipinski definition) is 0. The van der Waals surface area contributed by atoms with E-state index in [9.17, 15) is 0 Å². The quantitative estimate of drug-likeness (QED) is 0.151. The molecule has 0 aromatic heterocycles. The zero-order valence-corrected chi connectivity index (χ0v) is 106. The van der Waals surface area contributed by atoms with Crippen LogP contribution in [0.25, 0.3) is 0 Å². The van der Waals surface area contributed by atoms with Gasteiger partial charge >= 0.3 is 67.1 Å². The Bertz CT molecular complexity index is 2480. The van der Waals surface area contributed by atoms with Gasteiger partial charge in [-0.1, -0.05) is 164 Å². The largest absolute Gasteiger partial charge is 2.00 e. The maximum absolute atomic E-state index is 8.55. The molecule has 0 saturated carbocycles. The van der Waals surface area contributed by atoms with Crippen molar-refractivity contribution in [2.45, 2.75) is 20.8 Å². The van der Waals surface area contributed by atoms with Crippen molar-refractivity contribution >= 4 is 79.3 Å². The third-order valence-electron chi connectivity index (χ3n) is 9.56. The Labute approximate surface area is 931 Å². The second-order valence-electron chi connectivity index (χ2n) is 14.5. The van der Waals surface area contributed by atoms with E-state index in [2.05, 4.69) is 273 Å². The van der Waals surface area contributed by atoms with Crippen molar-refractivity contribution in [1.82, 2.24) is 0 Å². The Hall–Kier alpha value is 1.89. The minimum absolute atomic E-state index is 0. The minimum Gasteiger partial charge on any atom is -2.00 e. The predicted octanol–water partition coefficient (Wildman–Crippen LogP) is 3.98. The monoisotopic (exact) mass is 4380 g/mol. The molecule has 9 aromatic rings. The van der Waals surface area contributed by atoms with E-state index in [1.54, 1.807) is 18.2 Å². The van der Waals surface area contributed by atoms with Crippen LogP contribution in [0.5, 0.6) is 0 Å². The summed E-state index contributed by atoms with van der Waals surface area (Å²) in [6.07, 6.45) is 0. The molecule has 0 aliphatic carbocycles. The second kappa shape index (κ2) is 216. The van der Waals surface area contributed by atoms with Crippen molar-refractivity contribution in [3.05, 3.63) is 273 Å². The van der Waals surface area contributed by atoms with E-state index in [1.807, 2.05) is 0 Å². The summed E-state index contributed by atoms with van der Waals surface area (Å²) in [5.74, 6) is 0. The molecule has 0 radical (unpaired) electrons. The molecule has 0 bridgehead atoms. The maximum Gasteiger partial charge on any atom is 1.00 e. The molecule has 62 heteroatoms. The van der Waals surface area contributed by atoms with Gasteiger partial charge in [-0.15, -0.1) is 0 Å². The third kappa shape index (κ3) is 148. The standard InChI is InChI=1S/3C18H15P.3C2H3N.3Au.H3O4P.36O.12W/c3*1-4-10-16(11-5-1)19(17-12-6-2-7-13-17)18-14-8-3-9-15-18;3*1-2-3;;;;1-5(2,3)4;;;;;;;;;;;;;;;;;;;;;;;;;;;;;;;;;;;;;;;;;;;;;;;;/h3*1-15H;3*1H3;;;;(H3,1,2,3,4);;;;;;;;;;;;;;;;;;;;;;;;;;;;;;;;;;;;;;;;;;;;;;;;/q;;;;;;3*+1;;36*-2;;;;;;;;;;;;. The van der Waals surface area contributed by atoms with E-state index in [1.165, 1.54) is 68.5 Å². The molecule has 0 spiro atoms. The first-order valence-corrected chi connectivity index (χ1v) is 28.3. The van der Waals surface area contributed by atoms with Gasteiger partial charge in [0.2, 0.25) is 0 Å². The summed E-state index contributed by atoms with van der Waals surface area (Å²) in [7, 11) is -8.02. The molecule has 0 N–H and O–H groups in total. The number of benzene rings is 9. The van der Waals surface area contributed by atoms with Gasteiger partial charge in [-0.25, -0.2) is 0 Å². The molecule has 0 unspecified atom stereocenters. The molecule has 0 saturated heterocycles. The molecule has 0 heterocycles. The number of hydrogen-bond acceptors (Lipinski definition) is 7. The van der Waals surface area contributed by atoms with E-state index in [-0.39, 0.29) is 517 Å². The number of phosphoric acid groups is 1. The molecule has 122 heavy (non-hydrogen) atoms. The van der Waals surface area contributed by atoms with Crippen LogP contribution in [0.4, 0.5) is 0 Å². The van der Waals surface area contributed by atoms with Crippen LogP contribution in [-0.2, 0) is 522 Å². The van der Waals surface area contributed by atoms with Crippen molar-refractivity contribution in [1.29, 1.82) is 15.8 Å². The fraction of sp³-hybridized carbons (Fsp3) is 0.0500. The van der Waals surface area contributed by atoms with Gasteiger partial charge in [0.1, 0.15) is 47.7 Å². The van der Waals surface area contributed by atoms with Gasteiger partial charge < -0.3 is 216 Å². The van der Waals surface area contributed by atoms with Crippen LogP contribution >= 0.6 is 31.6 Å². The van der Waals surface area contributed by atoms with Crippen LogP contribution < -0.4 is 62.4 Å². The van der Waals surface area contributed by atoms with Gasteiger partial charge in [0.15, 0.2) is 0 Å². The van der Waals surface area contributed by atoms with Gasteiger partial charge in [-0.3, -0.25) is 0 Å².